The second-order valence-electron chi connectivity index (χ2n) is 6.59. The molecule has 1 aliphatic heterocycles. The Morgan fingerprint density at radius 1 is 1.32 bits per heavy atom. The van der Waals surface area contributed by atoms with Gasteiger partial charge in [0.2, 0.25) is 0 Å². The van der Waals surface area contributed by atoms with Crippen molar-refractivity contribution in [2.75, 3.05) is 32.1 Å². The summed E-state index contributed by atoms with van der Waals surface area (Å²) in [6.07, 6.45) is 3.60. The summed E-state index contributed by atoms with van der Waals surface area (Å²) < 4.78 is 5.27. The quantitative estimate of drug-likeness (QED) is 0.775. The van der Waals surface area contributed by atoms with Crippen molar-refractivity contribution in [3.8, 4) is 0 Å². The molecule has 1 saturated heterocycles. The van der Waals surface area contributed by atoms with Crippen LogP contribution in [-0.2, 0) is 14.3 Å². The third-order valence-corrected chi connectivity index (χ3v) is 4.80. The zero-order valence-electron chi connectivity index (χ0n) is 15.4. The molecule has 0 unspecified atom stereocenters. The molecule has 0 aromatic heterocycles. The molecule has 138 valence electrons. The third-order valence-electron chi connectivity index (χ3n) is 4.80. The van der Waals surface area contributed by atoms with E-state index < -0.39 is 11.8 Å². The number of ether oxygens (including phenoxy) is 1. The number of methoxy groups -OCH3 is 1. The fourth-order valence-corrected chi connectivity index (χ4v) is 3.08. The zero-order chi connectivity index (χ0) is 18.2. The van der Waals surface area contributed by atoms with Gasteiger partial charge in [0.15, 0.2) is 0 Å². The van der Waals surface area contributed by atoms with E-state index in [4.69, 9.17) is 4.74 Å². The average molecular weight is 347 g/mol. The fourth-order valence-electron chi connectivity index (χ4n) is 3.08. The summed E-state index contributed by atoms with van der Waals surface area (Å²) in [6.45, 7) is 6.46. The number of nitrogens with one attached hydrogen (secondary N) is 2. The van der Waals surface area contributed by atoms with Gasteiger partial charge in [-0.3, -0.25) is 14.5 Å². The number of amides is 2. The van der Waals surface area contributed by atoms with Crippen molar-refractivity contribution in [2.24, 2.45) is 0 Å². The molecule has 1 aromatic carbocycles. The highest BCUT2D eigenvalue weighted by Gasteiger charge is 2.19. The Labute approximate surface area is 149 Å². The normalized spacial score (nSPS) is 19.2. The molecule has 2 N–H and O–H groups in total. The van der Waals surface area contributed by atoms with Crippen LogP contribution < -0.4 is 10.6 Å². The summed E-state index contributed by atoms with van der Waals surface area (Å²) >= 11 is 0. The van der Waals surface area contributed by atoms with Gasteiger partial charge in [0.25, 0.3) is 0 Å². The van der Waals surface area contributed by atoms with Crippen molar-refractivity contribution in [1.29, 1.82) is 0 Å². The molecule has 25 heavy (non-hydrogen) atoms. The van der Waals surface area contributed by atoms with Gasteiger partial charge >= 0.3 is 11.8 Å². The first-order chi connectivity index (χ1) is 12.0. The highest BCUT2D eigenvalue weighted by molar-refractivity contribution is 6.39. The van der Waals surface area contributed by atoms with Crippen LogP contribution in [0, 0.1) is 0 Å². The minimum atomic E-state index is -0.645. The van der Waals surface area contributed by atoms with Gasteiger partial charge in [0.05, 0.1) is 6.10 Å². The van der Waals surface area contributed by atoms with Gasteiger partial charge in [-0.1, -0.05) is 18.6 Å². The van der Waals surface area contributed by atoms with Gasteiger partial charge in [-0.05, 0) is 50.9 Å². The average Bonchev–Trinajstić information content (AvgIpc) is 2.62. The number of benzene rings is 1. The number of rotatable bonds is 6. The minimum Gasteiger partial charge on any atom is -0.377 e. The molecule has 0 aliphatic carbocycles. The van der Waals surface area contributed by atoms with E-state index in [2.05, 4.69) is 22.5 Å². The van der Waals surface area contributed by atoms with Crippen LogP contribution in [0.15, 0.2) is 24.3 Å². The second-order valence-corrected chi connectivity index (χ2v) is 6.59. The Morgan fingerprint density at radius 2 is 2.12 bits per heavy atom. The van der Waals surface area contributed by atoms with Crippen molar-refractivity contribution in [3.63, 3.8) is 0 Å². The molecule has 0 radical (unpaired) electrons. The van der Waals surface area contributed by atoms with Crippen LogP contribution in [0.1, 0.15) is 44.8 Å². The summed E-state index contributed by atoms with van der Waals surface area (Å²) in [5, 5.41) is 5.34. The third kappa shape index (κ3) is 5.83. The monoisotopic (exact) mass is 347 g/mol. The molecular weight excluding hydrogens is 318 g/mol. The van der Waals surface area contributed by atoms with Crippen LogP contribution in [0.5, 0.6) is 0 Å². The molecule has 1 fully saturated rings. The Balaban J connectivity index is 1.79. The van der Waals surface area contributed by atoms with Gasteiger partial charge in [-0.15, -0.1) is 0 Å². The highest BCUT2D eigenvalue weighted by atomic mass is 16.5. The zero-order valence-corrected chi connectivity index (χ0v) is 15.4. The maximum absolute atomic E-state index is 12.0. The standard InChI is InChI=1S/C19H29N3O3/c1-14-7-4-5-11-22(14)12-10-20-18(23)19(24)21-17-9-6-8-16(13-17)15(2)25-3/h6,8-9,13-15H,4-5,7,10-12H2,1-3H3,(H,20,23)(H,21,24)/t14-,15-/m0/s1. The van der Waals surface area contributed by atoms with Crippen LogP contribution in [0.4, 0.5) is 5.69 Å². The Hall–Kier alpha value is -1.92. The van der Waals surface area contributed by atoms with Gasteiger partial charge < -0.3 is 15.4 Å². The van der Waals surface area contributed by atoms with Crippen LogP contribution in [0.25, 0.3) is 0 Å². The van der Waals surface area contributed by atoms with E-state index in [1.165, 1.54) is 19.3 Å². The number of nitrogens with zero attached hydrogens (tertiary/aromatic N) is 1. The minimum absolute atomic E-state index is 0.0720. The van der Waals surface area contributed by atoms with Crippen LogP contribution in [-0.4, -0.2) is 49.5 Å². The number of carbonyl (C=O) groups excluding carboxylic acids is 2. The molecule has 0 saturated carbocycles. The summed E-state index contributed by atoms with van der Waals surface area (Å²) in [5.74, 6) is -1.25. The first-order valence-corrected chi connectivity index (χ1v) is 8.97. The summed E-state index contributed by atoms with van der Waals surface area (Å²) in [6, 6.07) is 7.87. The lowest BCUT2D eigenvalue weighted by atomic mass is 10.0. The van der Waals surface area contributed by atoms with Crippen LogP contribution >= 0.6 is 0 Å². The molecule has 1 heterocycles. The van der Waals surface area contributed by atoms with Gasteiger partial charge in [0, 0.05) is 31.9 Å². The molecule has 1 aromatic rings. The van der Waals surface area contributed by atoms with Crippen molar-refractivity contribution in [3.05, 3.63) is 29.8 Å². The lowest BCUT2D eigenvalue weighted by Crippen LogP contribution is -2.44. The summed E-state index contributed by atoms with van der Waals surface area (Å²) in [4.78, 5) is 26.4. The van der Waals surface area contributed by atoms with Crippen LogP contribution in [0.2, 0.25) is 0 Å². The number of likely N-dealkylation sites (tertiary alicyclic amines) is 1. The summed E-state index contributed by atoms with van der Waals surface area (Å²) in [5.41, 5.74) is 1.53. The molecule has 2 amide bonds. The van der Waals surface area contributed by atoms with E-state index in [1.807, 2.05) is 25.1 Å². The predicted molar refractivity (Wildman–Crippen MR) is 98.4 cm³/mol. The van der Waals surface area contributed by atoms with E-state index in [0.717, 1.165) is 18.7 Å². The van der Waals surface area contributed by atoms with E-state index in [9.17, 15) is 9.59 Å². The molecule has 6 nitrogen and oxygen atoms in total. The van der Waals surface area contributed by atoms with Crippen molar-refractivity contribution in [2.45, 2.75) is 45.3 Å². The van der Waals surface area contributed by atoms with E-state index >= 15 is 0 Å². The summed E-state index contributed by atoms with van der Waals surface area (Å²) in [7, 11) is 1.63. The smallest absolute Gasteiger partial charge is 0.313 e. The van der Waals surface area contributed by atoms with E-state index in [1.54, 1.807) is 13.2 Å². The number of piperidine rings is 1. The van der Waals surface area contributed by atoms with Gasteiger partial charge in [-0.2, -0.15) is 0 Å². The van der Waals surface area contributed by atoms with Crippen LogP contribution in [0.3, 0.4) is 0 Å². The van der Waals surface area contributed by atoms with Gasteiger partial charge in [0.1, 0.15) is 0 Å². The second kappa shape index (κ2) is 9.53. The molecule has 0 spiro atoms. The van der Waals surface area contributed by atoms with Crippen molar-refractivity contribution >= 4 is 17.5 Å². The van der Waals surface area contributed by atoms with Crippen molar-refractivity contribution in [1.82, 2.24) is 10.2 Å². The number of hydrogen-bond acceptors (Lipinski definition) is 4. The highest BCUT2D eigenvalue weighted by Crippen LogP contribution is 2.19. The molecule has 6 heteroatoms. The van der Waals surface area contributed by atoms with E-state index in [0.29, 0.717) is 18.3 Å². The first kappa shape index (κ1) is 19.4. The SMILES string of the molecule is CO[C@@H](C)c1cccc(NC(=O)C(=O)NCCN2CCCC[C@@H]2C)c1. The maximum atomic E-state index is 12.0. The molecular formula is C19H29N3O3. The Kier molecular flexibility index (Phi) is 7.40. The number of hydrogen-bond donors (Lipinski definition) is 2. The molecule has 1 aliphatic rings. The lowest BCUT2D eigenvalue weighted by Gasteiger charge is -2.33. The number of carbonyl (C=O) groups is 2. The number of anilines is 1. The Bertz CT molecular complexity index is 591. The topological polar surface area (TPSA) is 70.7 Å². The maximum Gasteiger partial charge on any atom is 0.313 e. The largest absolute Gasteiger partial charge is 0.377 e. The molecule has 0 bridgehead atoms. The van der Waals surface area contributed by atoms with Crippen molar-refractivity contribution < 1.29 is 14.3 Å². The van der Waals surface area contributed by atoms with Gasteiger partial charge in [-0.25, -0.2) is 0 Å². The predicted octanol–water partition coefficient (Wildman–Crippen LogP) is 2.32. The Morgan fingerprint density at radius 3 is 2.84 bits per heavy atom. The first-order valence-electron chi connectivity index (χ1n) is 8.97. The molecule has 2 atom stereocenters. The van der Waals surface area contributed by atoms with E-state index in [-0.39, 0.29) is 6.10 Å². The fraction of sp³-hybridized carbons (Fsp3) is 0.579. The lowest BCUT2D eigenvalue weighted by molar-refractivity contribution is -0.136. The molecule has 2 rings (SSSR count).